The monoisotopic (exact) mass is 425 g/mol. The van der Waals surface area contributed by atoms with Crippen LogP contribution in [0.15, 0.2) is 63.9 Å². The maximum atomic E-state index is 13.1. The number of benzene rings is 2. The van der Waals surface area contributed by atoms with E-state index >= 15 is 0 Å². The summed E-state index contributed by atoms with van der Waals surface area (Å²) in [6, 6.07) is 16.9. The van der Waals surface area contributed by atoms with Gasteiger partial charge in [0, 0.05) is 18.7 Å². The number of fused-ring (bicyclic) bond motifs is 1. The van der Waals surface area contributed by atoms with Crippen LogP contribution in [0.1, 0.15) is 49.8 Å². The standard InChI is InChI=1S/C23H27N3O3S/c1-2-9-20(17-10-4-3-5-11-17)24-23(27)18-12-8-15-26(16-18)22-19-13-6-7-14-21(19)30(28,29)25-22/h3-7,10-11,13-14,18,20H,2,8-9,12,15-16H2,1H3,(H,24,27). The number of hydrogen-bond acceptors (Lipinski definition) is 4. The van der Waals surface area contributed by atoms with Crippen LogP contribution in [0.4, 0.5) is 0 Å². The third-order valence-electron chi connectivity index (χ3n) is 5.80. The lowest BCUT2D eigenvalue weighted by Crippen LogP contribution is -2.46. The number of nitrogens with one attached hydrogen (secondary N) is 1. The highest BCUT2D eigenvalue weighted by molar-refractivity contribution is 7.90. The molecule has 6 nitrogen and oxygen atoms in total. The van der Waals surface area contributed by atoms with Crippen molar-refractivity contribution in [2.45, 2.75) is 43.5 Å². The summed E-state index contributed by atoms with van der Waals surface area (Å²) in [6.07, 6.45) is 3.47. The van der Waals surface area contributed by atoms with Gasteiger partial charge in [-0.25, -0.2) is 0 Å². The van der Waals surface area contributed by atoms with Gasteiger partial charge in [-0.2, -0.15) is 8.42 Å². The fourth-order valence-corrected chi connectivity index (χ4v) is 5.51. The number of sulfonamides is 1. The molecular formula is C23H27N3O3S. The van der Waals surface area contributed by atoms with Gasteiger partial charge in [-0.15, -0.1) is 4.40 Å². The molecule has 0 spiro atoms. The number of carbonyl (C=O) groups is 1. The number of carbonyl (C=O) groups excluding carboxylic acids is 1. The fraction of sp³-hybridized carbons (Fsp3) is 0.391. The highest BCUT2D eigenvalue weighted by Crippen LogP contribution is 2.30. The lowest BCUT2D eigenvalue weighted by atomic mass is 9.94. The average Bonchev–Trinajstić information content (AvgIpc) is 3.05. The van der Waals surface area contributed by atoms with Crippen LogP contribution in [-0.2, 0) is 14.8 Å². The molecule has 2 aliphatic rings. The molecule has 0 aliphatic carbocycles. The minimum absolute atomic E-state index is 0.0102. The second-order valence-corrected chi connectivity index (χ2v) is 9.50. The van der Waals surface area contributed by atoms with Gasteiger partial charge in [0.1, 0.15) is 4.90 Å². The number of hydrogen-bond donors (Lipinski definition) is 1. The second-order valence-electron chi connectivity index (χ2n) is 7.93. The van der Waals surface area contributed by atoms with Crippen LogP contribution in [0.25, 0.3) is 0 Å². The summed E-state index contributed by atoms with van der Waals surface area (Å²) in [7, 11) is -3.66. The van der Waals surface area contributed by atoms with Gasteiger partial charge in [0.05, 0.1) is 12.0 Å². The molecule has 2 aromatic rings. The second kappa shape index (κ2) is 8.60. The molecule has 1 fully saturated rings. The highest BCUT2D eigenvalue weighted by atomic mass is 32.2. The van der Waals surface area contributed by atoms with Crippen molar-refractivity contribution in [1.29, 1.82) is 0 Å². The van der Waals surface area contributed by atoms with Crippen molar-refractivity contribution in [3.05, 3.63) is 65.7 Å². The molecule has 2 heterocycles. The first-order chi connectivity index (χ1) is 14.5. The first-order valence-corrected chi connectivity index (χ1v) is 12.0. The lowest BCUT2D eigenvalue weighted by Gasteiger charge is -2.34. The van der Waals surface area contributed by atoms with E-state index in [2.05, 4.69) is 16.6 Å². The molecule has 4 rings (SSSR count). The molecule has 0 aromatic heterocycles. The minimum atomic E-state index is -3.66. The molecule has 7 heteroatoms. The lowest BCUT2D eigenvalue weighted by molar-refractivity contribution is -0.127. The van der Waals surface area contributed by atoms with Crippen LogP contribution in [-0.4, -0.2) is 38.2 Å². The van der Waals surface area contributed by atoms with Crippen molar-refractivity contribution in [1.82, 2.24) is 10.2 Å². The average molecular weight is 426 g/mol. The van der Waals surface area contributed by atoms with Gasteiger partial charge < -0.3 is 10.2 Å². The van der Waals surface area contributed by atoms with Crippen LogP contribution in [0.2, 0.25) is 0 Å². The van der Waals surface area contributed by atoms with Crippen LogP contribution >= 0.6 is 0 Å². The Morgan fingerprint density at radius 1 is 1.17 bits per heavy atom. The number of likely N-dealkylation sites (tertiary alicyclic amines) is 1. The molecule has 30 heavy (non-hydrogen) atoms. The zero-order chi connectivity index (χ0) is 21.1. The third-order valence-corrected chi connectivity index (χ3v) is 7.13. The van der Waals surface area contributed by atoms with Gasteiger partial charge in [-0.1, -0.05) is 55.8 Å². The zero-order valence-electron chi connectivity index (χ0n) is 17.1. The summed E-state index contributed by atoms with van der Waals surface area (Å²) in [5.41, 5.74) is 1.74. The fourth-order valence-electron chi connectivity index (χ4n) is 4.29. The van der Waals surface area contributed by atoms with Crippen LogP contribution in [0.5, 0.6) is 0 Å². The Morgan fingerprint density at radius 2 is 1.90 bits per heavy atom. The molecule has 2 unspecified atom stereocenters. The Bertz CT molecular complexity index is 1050. The van der Waals surface area contributed by atoms with Crippen molar-refractivity contribution >= 4 is 21.8 Å². The Balaban J connectivity index is 1.50. The topological polar surface area (TPSA) is 78.8 Å². The maximum absolute atomic E-state index is 13.1. The first kappa shape index (κ1) is 20.6. The summed E-state index contributed by atoms with van der Waals surface area (Å²) in [5.74, 6) is 0.299. The van der Waals surface area contributed by atoms with E-state index in [4.69, 9.17) is 0 Å². The Hall–Kier alpha value is -2.67. The van der Waals surface area contributed by atoms with Crippen molar-refractivity contribution in [2.75, 3.05) is 13.1 Å². The van der Waals surface area contributed by atoms with Crippen molar-refractivity contribution in [3.63, 3.8) is 0 Å². The summed E-state index contributed by atoms with van der Waals surface area (Å²) in [5, 5.41) is 3.23. The van der Waals surface area contributed by atoms with Crippen molar-refractivity contribution in [3.8, 4) is 0 Å². The number of piperidine rings is 1. The Labute approximate surface area is 178 Å². The van der Waals surface area contributed by atoms with E-state index in [0.29, 0.717) is 24.5 Å². The molecule has 0 bridgehead atoms. The molecule has 2 aromatic carbocycles. The highest BCUT2D eigenvalue weighted by Gasteiger charge is 2.35. The van der Waals surface area contributed by atoms with E-state index in [9.17, 15) is 13.2 Å². The SMILES string of the molecule is CCCC(NC(=O)C1CCCN(C2=NS(=O)(=O)c3ccccc32)C1)c1ccccc1. The molecule has 2 aliphatic heterocycles. The van der Waals surface area contributed by atoms with E-state index in [1.54, 1.807) is 18.2 Å². The number of rotatable bonds is 5. The van der Waals surface area contributed by atoms with E-state index in [1.807, 2.05) is 41.3 Å². The van der Waals surface area contributed by atoms with Crippen LogP contribution in [0.3, 0.4) is 0 Å². The largest absolute Gasteiger partial charge is 0.355 e. The van der Waals surface area contributed by atoms with Gasteiger partial charge >= 0.3 is 0 Å². The molecule has 0 saturated carbocycles. The van der Waals surface area contributed by atoms with Gasteiger partial charge in [0.15, 0.2) is 5.84 Å². The molecule has 1 N–H and O–H groups in total. The number of amidine groups is 1. The van der Waals surface area contributed by atoms with Gasteiger partial charge in [0.25, 0.3) is 10.0 Å². The third kappa shape index (κ3) is 4.12. The molecule has 0 radical (unpaired) electrons. The van der Waals surface area contributed by atoms with Gasteiger partial charge in [-0.05, 0) is 37.0 Å². The van der Waals surface area contributed by atoms with Crippen molar-refractivity contribution in [2.24, 2.45) is 10.3 Å². The quantitative estimate of drug-likeness (QED) is 0.795. The Kier molecular flexibility index (Phi) is 5.90. The predicted octanol–water partition coefficient (Wildman–Crippen LogP) is 3.51. The van der Waals surface area contributed by atoms with Crippen molar-refractivity contribution < 1.29 is 13.2 Å². The summed E-state index contributed by atoms with van der Waals surface area (Å²) in [4.78, 5) is 15.3. The maximum Gasteiger partial charge on any atom is 0.285 e. The van der Waals surface area contributed by atoms with Gasteiger partial charge in [0.2, 0.25) is 5.91 Å². The minimum Gasteiger partial charge on any atom is -0.355 e. The smallest absolute Gasteiger partial charge is 0.285 e. The van der Waals surface area contributed by atoms with E-state index < -0.39 is 10.0 Å². The van der Waals surface area contributed by atoms with E-state index in [-0.39, 0.29) is 22.8 Å². The summed E-state index contributed by atoms with van der Waals surface area (Å²) in [6.45, 7) is 3.28. The van der Waals surface area contributed by atoms with Crippen LogP contribution in [0, 0.1) is 5.92 Å². The van der Waals surface area contributed by atoms with Gasteiger partial charge in [-0.3, -0.25) is 4.79 Å². The van der Waals surface area contributed by atoms with E-state index in [0.717, 1.165) is 31.2 Å². The van der Waals surface area contributed by atoms with Crippen LogP contribution < -0.4 is 5.32 Å². The first-order valence-electron chi connectivity index (χ1n) is 10.5. The Morgan fingerprint density at radius 3 is 2.67 bits per heavy atom. The number of amides is 1. The summed E-state index contributed by atoms with van der Waals surface area (Å²) >= 11 is 0. The normalized spacial score (nSPS) is 20.9. The molecule has 1 amide bonds. The molecule has 2 atom stereocenters. The molecular weight excluding hydrogens is 398 g/mol. The zero-order valence-corrected chi connectivity index (χ0v) is 17.9. The molecule has 1 saturated heterocycles. The van der Waals surface area contributed by atoms with E-state index in [1.165, 1.54) is 0 Å². The molecule has 158 valence electrons. The summed E-state index contributed by atoms with van der Waals surface area (Å²) < 4.78 is 28.8. The number of nitrogens with zero attached hydrogens (tertiary/aromatic N) is 2. The predicted molar refractivity (Wildman–Crippen MR) is 117 cm³/mol.